The van der Waals surface area contributed by atoms with Gasteiger partial charge in [-0.15, -0.1) is 0 Å². The Bertz CT molecular complexity index is 1310. The van der Waals surface area contributed by atoms with E-state index < -0.39 is 20.7 Å². The van der Waals surface area contributed by atoms with Gasteiger partial charge in [-0.2, -0.15) is 4.98 Å². The molecule has 1 aliphatic heterocycles. The van der Waals surface area contributed by atoms with Gasteiger partial charge in [0.2, 0.25) is 16.0 Å². The zero-order valence-electron chi connectivity index (χ0n) is 16.8. The van der Waals surface area contributed by atoms with Crippen LogP contribution in [0.25, 0.3) is 11.0 Å². The number of primary sulfonamides is 1. The zero-order chi connectivity index (χ0) is 21.8. The van der Waals surface area contributed by atoms with Crippen LogP contribution in [-0.2, 0) is 26.8 Å². The first-order valence-corrected chi connectivity index (χ1v) is 11.8. The molecular weight excluding hydrogens is 421 g/mol. The lowest BCUT2D eigenvalue weighted by Crippen LogP contribution is -2.43. The fourth-order valence-electron chi connectivity index (χ4n) is 5.02. The number of fused-ring (bicyclic) bond motifs is 4. The summed E-state index contributed by atoms with van der Waals surface area (Å²) in [5, 5.41) is 8.81. The molecule has 31 heavy (non-hydrogen) atoms. The summed E-state index contributed by atoms with van der Waals surface area (Å²) in [5.41, 5.74) is 1.78. The van der Waals surface area contributed by atoms with Gasteiger partial charge < -0.3 is 9.88 Å². The van der Waals surface area contributed by atoms with Crippen LogP contribution in [0.4, 0.5) is 16.0 Å². The Morgan fingerprint density at radius 3 is 2.65 bits per heavy atom. The second kappa shape index (κ2) is 7.10. The number of hydrogen-bond acceptors (Lipinski definition) is 6. The molecule has 0 atom stereocenters. The van der Waals surface area contributed by atoms with Crippen molar-refractivity contribution in [3.63, 3.8) is 0 Å². The molecule has 3 N–H and O–H groups in total. The Kier molecular flexibility index (Phi) is 4.60. The molecule has 8 nitrogen and oxygen atoms in total. The molecule has 0 bridgehead atoms. The minimum atomic E-state index is -4.14. The lowest BCUT2D eigenvalue weighted by atomic mass is 9.75. The van der Waals surface area contributed by atoms with Crippen LogP contribution in [0.15, 0.2) is 35.4 Å². The number of benzene rings is 1. The van der Waals surface area contributed by atoms with Gasteiger partial charge in [-0.1, -0.05) is 19.3 Å². The Balaban J connectivity index is 1.55. The number of sulfonamides is 1. The van der Waals surface area contributed by atoms with Crippen molar-refractivity contribution >= 4 is 38.5 Å². The third kappa shape index (κ3) is 3.49. The topological polar surface area (TPSA) is 120 Å². The van der Waals surface area contributed by atoms with E-state index >= 15 is 0 Å². The molecule has 0 unspecified atom stereocenters. The Labute approximate surface area is 178 Å². The Hall–Kier alpha value is -2.85. The lowest BCUT2D eigenvalue weighted by Gasteiger charge is -2.42. The summed E-state index contributed by atoms with van der Waals surface area (Å²) in [5.74, 6) is -0.429. The molecule has 2 aromatic heterocycles. The molecule has 0 radical (unpaired) electrons. The highest BCUT2D eigenvalue weighted by Crippen LogP contribution is 2.44. The maximum atomic E-state index is 14.2. The fourth-order valence-corrected chi connectivity index (χ4v) is 5.61. The number of hydrogen-bond donors (Lipinski definition) is 2. The number of Topliss-reactive ketones (excluding diaryl/α,β-unsaturated/α-hetero) is 1. The van der Waals surface area contributed by atoms with Crippen molar-refractivity contribution in [3.05, 3.63) is 42.0 Å². The van der Waals surface area contributed by atoms with Crippen molar-refractivity contribution in [1.29, 1.82) is 0 Å². The average molecular weight is 444 g/mol. The quantitative estimate of drug-likeness (QED) is 0.642. The third-order valence-electron chi connectivity index (χ3n) is 6.27. The van der Waals surface area contributed by atoms with Gasteiger partial charge in [0.05, 0.1) is 5.54 Å². The monoisotopic (exact) mass is 443 g/mol. The van der Waals surface area contributed by atoms with E-state index in [0.29, 0.717) is 18.5 Å². The summed E-state index contributed by atoms with van der Waals surface area (Å²) >= 11 is 0. The largest absolute Gasteiger partial charge is 0.324 e. The number of halogens is 1. The molecule has 1 fully saturated rings. The van der Waals surface area contributed by atoms with E-state index in [0.717, 1.165) is 54.5 Å². The van der Waals surface area contributed by atoms with Crippen molar-refractivity contribution in [3.8, 4) is 0 Å². The molecule has 2 aliphatic rings. The SMILES string of the molecule is NS(=O)(=O)c1ccc(Nc2ncc3cc4n(c3n2)C2(CCCCC2)CC(=O)C4)cc1F. The predicted octanol–water partition coefficient (Wildman–Crippen LogP) is 3.14. The van der Waals surface area contributed by atoms with Crippen molar-refractivity contribution in [1.82, 2.24) is 14.5 Å². The molecular formula is C21H22FN5O3S. The highest BCUT2D eigenvalue weighted by molar-refractivity contribution is 7.89. The fraction of sp³-hybridized carbons (Fsp3) is 0.381. The number of carbonyl (C=O) groups is 1. The Morgan fingerprint density at radius 2 is 1.94 bits per heavy atom. The molecule has 0 amide bonds. The van der Waals surface area contributed by atoms with Crippen LogP contribution in [0.1, 0.15) is 44.2 Å². The standard InChI is InChI=1S/C21H22FN5O3S/c22-17-9-14(4-5-18(17)31(23,29)30)25-20-24-12-13-8-15-10-16(28)11-21(6-2-1-3-7-21)27(15)19(13)26-20/h4-5,8-9,12H,1-3,6-7,10-11H2,(H2,23,29,30)(H,24,25,26). The van der Waals surface area contributed by atoms with Crippen LogP contribution < -0.4 is 10.5 Å². The molecule has 1 saturated carbocycles. The van der Waals surface area contributed by atoms with Crippen LogP contribution in [-0.4, -0.2) is 28.7 Å². The van der Waals surface area contributed by atoms with E-state index in [9.17, 15) is 17.6 Å². The van der Waals surface area contributed by atoms with Gasteiger partial charge in [0.15, 0.2) is 0 Å². The lowest BCUT2D eigenvalue weighted by molar-refractivity contribution is -0.122. The van der Waals surface area contributed by atoms with E-state index in [2.05, 4.69) is 19.9 Å². The second-order valence-corrected chi connectivity index (χ2v) is 9.97. The van der Waals surface area contributed by atoms with E-state index in [1.54, 1.807) is 6.20 Å². The number of aromatic nitrogens is 3. The minimum Gasteiger partial charge on any atom is -0.324 e. The normalized spacial score (nSPS) is 18.3. The van der Waals surface area contributed by atoms with E-state index in [4.69, 9.17) is 5.14 Å². The van der Waals surface area contributed by atoms with E-state index in [1.165, 1.54) is 12.5 Å². The third-order valence-corrected chi connectivity index (χ3v) is 7.22. The number of ketones is 1. The van der Waals surface area contributed by atoms with Crippen LogP contribution in [0.5, 0.6) is 0 Å². The number of anilines is 2. The van der Waals surface area contributed by atoms with E-state index in [1.807, 2.05) is 6.07 Å². The number of rotatable bonds is 3. The maximum absolute atomic E-state index is 14.2. The van der Waals surface area contributed by atoms with E-state index in [-0.39, 0.29) is 17.3 Å². The van der Waals surface area contributed by atoms with Crippen LogP contribution in [0.2, 0.25) is 0 Å². The van der Waals surface area contributed by atoms with Gasteiger partial charge in [0.25, 0.3) is 0 Å². The number of carbonyl (C=O) groups excluding carboxylic acids is 1. The van der Waals surface area contributed by atoms with Gasteiger partial charge in [-0.3, -0.25) is 4.79 Å². The summed E-state index contributed by atoms with van der Waals surface area (Å²) in [6.07, 6.45) is 7.83. The molecule has 0 saturated heterocycles. The molecule has 5 rings (SSSR count). The smallest absolute Gasteiger partial charge is 0.240 e. The van der Waals surface area contributed by atoms with Crippen LogP contribution in [0.3, 0.4) is 0 Å². The zero-order valence-corrected chi connectivity index (χ0v) is 17.6. The van der Waals surface area contributed by atoms with Crippen LogP contribution in [0, 0.1) is 5.82 Å². The van der Waals surface area contributed by atoms with Crippen molar-refractivity contribution in [2.24, 2.45) is 5.14 Å². The summed E-state index contributed by atoms with van der Waals surface area (Å²) in [6, 6.07) is 5.54. The summed E-state index contributed by atoms with van der Waals surface area (Å²) < 4.78 is 39.2. The van der Waals surface area contributed by atoms with Gasteiger partial charge in [0.1, 0.15) is 22.1 Å². The highest BCUT2D eigenvalue weighted by Gasteiger charge is 2.41. The second-order valence-electron chi connectivity index (χ2n) is 8.44. The van der Waals surface area contributed by atoms with Crippen molar-refractivity contribution in [2.45, 2.75) is 55.4 Å². The predicted molar refractivity (Wildman–Crippen MR) is 113 cm³/mol. The van der Waals surface area contributed by atoms with Crippen LogP contribution >= 0.6 is 0 Å². The minimum absolute atomic E-state index is 0.237. The number of nitrogens with zero attached hydrogens (tertiary/aromatic N) is 3. The van der Waals surface area contributed by atoms with Gasteiger partial charge in [-0.25, -0.2) is 22.9 Å². The highest BCUT2D eigenvalue weighted by atomic mass is 32.2. The summed E-state index contributed by atoms with van der Waals surface area (Å²) in [6.45, 7) is 0. The molecule has 3 aromatic rings. The molecule has 1 aromatic carbocycles. The first-order valence-electron chi connectivity index (χ1n) is 10.2. The maximum Gasteiger partial charge on any atom is 0.240 e. The molecule has 1 aliphatic carbocycles. The number of nitrogens with one attached hydrogen (secondary N) is 1. The molecule has 3 heterocycles. The molecule has 162 valence electrons. The molecule has 1 spiro atoms. The van der Waals surface area contributed by atoms with Crippen molar-refractivity contribution in [2.75, 3.05) is 5.32 Å². The Morgan fingerprint density at radius 1 is 1.16 bits per heavy atom. The van der Waals surface area contributed by atoms with Gasteiger partial charge in [0, 0.05) is 35.8 Å². The van der Waals surface area contributed by atoms with Crippen molar-refractivity contribution < 1.29 is 17.6 Å². The van der Waals surface area contributed by atoms with Gasteiger partial charge >= 0.3 is 0 Å². The average Bonchev–Trinajstić information content (AvgIpc) is 3.05. The number of nitrogens with two attached hydrogens (primary N) is 1. The first kappa shape index (κ1) is 20.1. The summed E-state index contributed by atoms with van der Waals surface area (Å²) in [4.78, 5) is 20.9. The first-order chi connectivity index (χ1) is 14.7. The summed E-state index contributed by atoms with van der Waals surface area (Å²) in [7, 11) is -4.14. The van der Waals surface area contributed by atoms with Gasteiger partial charge in [-0.05, 0) is 37.1 Å². The molecule has 10 heteroatoms.